The molecule has 8 nitrogen and oxygen atoms in total. The van der Waals surface area contributed by atoms with E-state index in [1.807, 2.05) is 41.2 Å². The highest BCUT2D eigenvalue weighted by Crippen LogP contribution is 2.32. The van der Waals surface area contributed by atoms with Crippen LogP contribution in [0.4, 0.5) is 5.95 Å². The van der Waals surface area contributed by atoms with E-state index in [1.165, 1.54) is 5.56 Å². The van der Waals surface area contributed by atoms with Gasteiger partial charge in [0.2, 0.25) is 11.9 Å². The van der Waals surface area contributed by atoms with Crippen LogP contribution < -0.4 is 4.90 Å². The summed E-state index contributed by atoms with van der Waals surface area (Å²) < 4.78 is 0. The normalized spacial score (nSPS) is 18.3. The molecule has 5 rings (SSSR count). The van der Waals surface area contributed by atoms with Crippen LogP contribution in [0.2, 0.25) is 0 Å². The molecule has 1 amide bonds. The minimum Gasteiger partial charge on any atom is -0.338 e. The van der Waals surface area contributed by atoms with E-state index in [0.717, 1.165) is 30.1 Å². The van der Waals surface area contributed by atoms with E-state index in [1.54, 1.807) is 12.4 Å². The van der Waals surface area contributed by atoms with Crippen molar-refractivity contribution in [2.75, 3.05) is 44.7 Å². The number of hydrazone groups is 1. The summed E-state index contributed by atoms with van der Waals surface area (Å²) in [5.74, 6) is 1.66. The van der Waals surface area contributed by atoms with Crippen molar-refractivity contribution in [1.82, 2.24) is 24.8 Å². The Labute approximate surface area is 200 Å². The maximum absolute atomic E-state index is 13.3. The molecule has 0 N–H and O–H groups in total. The molecule has 2 aromatic carbocycles. The van der Waals surface area contributed by atoms with Crippen LogP contribution in [0.15, 0.2) is 78.2 Å². The third-order valence-electron chi connectivity index (χ3n) is 6.34. The van der Waals surface area contributed by atoms with Crippen LogP contribution in [-0.2, 0) is 4.79 Å². The van der Waals surface area contributed by atoms with Crippen LogP contribution in [0.25, 0.3) is 0 Å². The standard InChI is InChI=1S/C26H29N7O/c1-20-8-6-11-22(18-20)25-30(2)24(21-9-4-3-5-10-21)29-33(25)19-23(34)31-14-16-32(17-15-31)26-27-12-7-13-28-26/h3-13,18,25H,14-17,19H2,1-2H3. The smallest absolute Gasteiger partial charge is 0.244 e. The second kappa shape index (κ2) is 9.51. The summed E-state index contributed by atoms with van der Waals surface area (Å²) in [5.41, 5.74) is 3.34. The van der Waals surface area contributed by atoms with Crippen molar-refractivity contribution >= 4 is 17.7 Å². The van der Waals surface area contributed by atoms with Gasteiger partial charge < -0.3 is 14.7 Å². The number of rotatable bonds is 5. The summed E-state index contributed by atoms with van der Waals surface area (Å²) in [6, 6.07) is 20.4. The van der Waals surface area contributed by atoms with Crippen molar-refractivity contribution in [3.63, 3.8) is 0 Å². The number of amides is 1. The van der Waals surface area contributed by atoms with Crippen LogP contribution >= 0.6 is 0 Å². The van der Waals surface area contributed by atoms with Gasteiger partial charge in [-0.05, 0) is 18.6 Å². The third kappa shape index (κ3) is 4.44. The second-order valence-corrected chi connectivity index (χ2v) is 8.70. The number of piperazine rings is 1. The molecular weight excluding hydrogens is 426 g/mol. The molecule has 1 atom stereocenters. The molecule has 0 aliphatic carbocycles. The highest BCUT2D eigenvalue weighted by atomic mass is 16.2. The molecule has 174 valence electrons. The lowest BCUT2D eigenvalue weighted by Gasteiger charge is -2.36. The summed E-state index contributed by atoms with van der Waals surface area (Å²) in [6.45, 7) is 5.03. The number of carbonyl (C=O) groups is 1. The van der Waals surface area contributed by atoms with Crippen molar-refractivity contribution in [3.8, 4) is 0 Å². The first-order valence-corrected chi connectivity index (χ1v) is 11.6. The molecule has 34 heavy (non-hydrogen) atoms. The fourth-order valence-electron chi connectivity index (χ4n) is 4.61. The SMILES string of the molecule is Cc1cccc(C2N(CC(=O)N3CCN(c4ncccn4)CC3)N=C(c3ccccc3)N2C)c1. The Hall–Kier alpha value is -3.94. The summed E-state index contributed by atoms with van der Waals surface area (Å²) in [5, 5.41) is 6.84. The van der Waals surface area contributed by atoms with Crippen molar-refractivity contribution in [1.29, 1.82) is 0 Å². The fraction of sp³-hybridized carbons (Fsp3) is 0.308. The van der Waals surface area contributed by atoms with Gasteiger partial charge in [-0.3, -0.25) is 9.80 Å². The van der Waals surface area contributed by atoms with Gasteiger partial charge in [0.25, 0.3) is 0 Å². The summed E-state index contributed by atoms with van der Waals surface area (Å²) >= 11 is 0. The van der Waals surface area contributed by atoms with Gasteiger partial charge >= 0.3 is 0 Å². The Morgan fingerprint density at radius 2 is 1.68 bits per heavy atom. The molecule has 1 fully saturated rings. The Morgan fingerprint density at radius 3 is 2.38 bits per heavy atom. The molecule has 1 unspecified atom stereocenters. The molecule has 3 heterocycles. The molecule has 3 aromatic rings. The number of carbonyl (C=O) groups excluding carboxylic acids is 1. The summed E-state index contributed by atoms with van der Waals surface area (Å²) in [4.78, 5) is 28.2. The molecule has 2 aliphatic rings. The molecule has 0 spiro atoms. The number of hydrogen-bond donors (Lipinski definition) is 0. The monoisotopic (exact) mass is 455 g/mol. The predicted octanol–water partition coefficient (Wildman–Crippen LogP) is 2.74. The number of amidine groups is 1. The lowest BCUT2D eigenvalue weighted by Crippen LogP contribution is -2.51. The molecule has 1 aromatic heterocycles. The highest BCUT2D eigenvalue weighted by molar-refractivity contribution is 5.99. The van der Waals surface area contributed by atoms with Crippen LogP contribution in [0.5, 0.6) is 0 Å². The topological polar surface area (TPSA) is 68.2 Å². The van der Waals surface area contributed by atoms with E-state index >= 15 is 0 Å². The lowest BCUT2D eigenvalue weighted by molar-refractivity contribution is -0.133. The Morgan fingerprint density at radius 1 is 0.941 bits per heavy atom. The fourth-order valence-corrected chi connectivity index (χ4v) is 4.61. The number of nitrogens with zero attached hydrogens (tertiary/aromatic N) is 7. The number of aryl methyl sites for hydroxylation is 1. The minimum absolute atomic E-state index is 0.0812. The Kier molecular flexibility index (Phi) is 6.12. The van der Waals surface area contributed by atoms with Crippen molar-refractivity contribution in [2.45, 2.75) is 13.1 Å². The maximum atomic E-state index is 13.3. The Bertz CT molecular complexity index is 1160. The third-order valence-corrected chi connectivity index (χ3v) is 6.34. The van der Waals surface area contributed by atoms with Crippen LogP contribution in [-0.4, -0.2) is 76.3 Å². The van der Waals surface area contributed by atoms with Gasteiger partial charge in [-0.1, -0.05) is 60.2 Å². The minimum atomic E-state index is -0.141. The van der Waals surface area contributed by atoms with Gasteiger partial charge in [-0.2, -0.15) is 5.10 Å². The molecule has 0 bridgehead atoms. The number of anilines is 1. The van der Waals surface area contributed by atoms with Crippen molar-refractivity contribution < 1.29 is 4.79 Å². The summed E-state index contributed by atoms with van der Waals surface area (Å²) in [7, 11) is 2.04. The average molecular weight is 456 g/mol. The van der Waals surface area contributed by atoms with Crippen LogP contribution in [0.3, 0.4) is 0 Å². The van der Waals surface area contributed by atoms with Gasteiger partial charge in [0.1, 0.15) is 12.7 Å². The second-order valence-electron chi connectivity index (χ2n) is 8.70. The summed E-state index contributed by atoms with van der Waals surface area (Å²) in [6.07, 6.45) is 3.35. The lowest BCUT2D eigenvalue weighted by atomic mass is 10.1. The molecule has 0 radical (unpaired) electrons. The predicted molar refractivity (Wildman–Crippen MR) is 132 cm³/mol. The van der Waals surface area contributed by atoms with Gasteiger partial charge in [0.05, 0.1) is 0 Å². The van der Waals surface area contributed by atoms with Crippen LogP contribution in [0, 0.1) is 6.92 Å². The van der Waals surface area contributed by atoms with Gasteiger partial charge in [-0.25, -0.2) is 9.97 Å². The van der Waals surface area contributed by atoms with Crippen molar-refractivity contribution in [2.24, 2.45) is 5.10 Å². The Balaban J connectivity index is 1.33. The van der Waals surface area contributed by atoms with Crippen molar-refractivity contribution in [3.05, 3.63) is 89.7 Å². The number of benzene rings is 2. The van der Waals surface area contributed by atoms with E-state index in [4.69, 9.17) is 5.10 Å². The van der Waals surface area contributed by atoms with Gasteiger partial charge in [0.15, 0.2) is 5.84 Å². The zero-order valence-electron chi connectivity index (χ0n) is 19.6. The molecule has 0 saturated carbocycles. The first-order chi connectivity index (χ1) is 16.6. The van der Waals surface area contributed by atoms with E-state index in [2.05, 4.69) is 63.1 Å². The zero-order valence-corrected chi connectivity index (χ0v) is 19.6. The molecule has 2 aliphatic heterocycles. The van der Waals surface area contributed by atoms with Gasteiger partial charge in [-0.15, -0.1) is 0 Å². The molecule has 1 saturated heterocycles. The quantitative estimate of drug-likeness (QED) is 0.589. The zero-order chi connectivity index (χ0) is 23.5. The van der Waals surface area contributed by atoms with Gasteiger partial charge in [0, 0.05) is 51.2 Å². The number of aromatic nitrogens is 2. The van der Waals surface area contributed by atoms with E-state index in [-0.39, 0.29) is 18.6 Å². The molecular formula is C26H29N7O. The first-order valence-electron chi connectivity index (χ1n) is 11.6. The van der Waals surface area contributed by atoms with Crippen LogP contribution in [0.1, 0.15) is 22.9 Å². The number of hydrogen-bond acceptors (Lipinski definition) is 7. The van der Waals surface area contributed by atoms with E-state index < -0.39 is 0 Å². The maximum Gasteiger partial charge on any atom is 0.244 e. The largest absolute Gasteiger partial charge is 0.338 e. The molecule has 8 heteroatoms. The highest BCUT2D eigenvalue weighted by Gasteiger charge is 2.35. The van der Waals surface area contributed by atoms with E-state index in [9.17, 15) is 4.79 Å². The van der Waals surface area contributed by atoms with E-state index in [0.29, 0.717) is 19.0 Å². The first kappa shape index (κ1) is 21.9. The average Bonchev–Trinajstić information content (AvgIpc) is 3.20.